The van der Waals surface area contributed by atoms with Crippen molar-refractivity contribution in [1.29, 1.82) is 0 Å². The summed E-state index contributed by atoms with van der Waals surface area (Å²) in [6.07, 6.45) is 2.26. The van der Waals surface area contributed by atoms with Crippen LogP contribution in [0.3, 0.4) is 0 Å². The summed E-state index contributed by atoms with van der Waals surface area (Å²) >= 11 is 1.38. The number of rotatable bonds is 5. The second kappa shape index (κ2) is 8.25. The van der Waals surface area contributed by atoms with E-state index in [1.165, 1.54) is 18.2 Å². The van der Waals surface area contributed by atoms with Crippen LogP contribution >= 0.6 is 11.8 Å². The van der Waals surface area contributed by atoms with Crippen molar-refractivity contribution in [2.75, 3.05) is 18.8 Å². The van der Waals surface area contributed by atoms with E-state index in [9.17, 15) is 9.59 Å². The molecule has 0 saturated carbocycles. The minimum absolute atomic E-state index is 0.0224. The van der Waals surface area contributed by atoms with Gasteiger partial charge in [0, 0.05) is 19.6 Å². The first-order chi connectivity index (χ1) is 12.5. The number of nitrogens with zero attached hydrogens (tertiary/aromatic N) is 3. The topological polar surface area (TPSA) is 55.2 Å². The van der Waals surface area contributed by atoms with Crippen LogP contribution in [-0.4, -0.2) is 39.2 Å². The number of likely N-dealkylation sites (tertiary alicyclic amines) is 1. The highest BCUT2D eigenvalue weighted by Gasteiger charge is 2.22. The molecular formula is C20H27N3O2S. The number of piperidine rings is 1. The first kappa shape index (κ1) is 19.0. The van der Waals surface area contributed by atoms with Crippen LogP contribution in [0.25, 0.3) is 10.9 Å². The van der Waals surface area contributed by atoms with E-state index in [2.05, 4.69) is 25.8 Å². The Kier molecular flexibility index (Phi) is 6.01. The monoisotopic (exact) mass is 373 g/mol. The summed E-state index contributed by atoms with van der Waals surface area (Å²) in [7, 11) is 0. The summed E-state index contributed by atoms with van der Waals surface area (Å²) in [6.45, 7) is 8.63. The van der Waals surface area contributed by atoms with Gasteiger partial charge in [-0.05, 0) is 36.8 Å². The summed E-state index contributed by atoms with van der Waals surface area (Å²) in [5, 5.41) is 1.27. The summed E-state index contributed by atoms with van der Waals surface area (Å²) in [5.41, 5.74) is 0.671. The van der Waals surface area contributed by atoms with Gasteiger partial charge in [0.25, 0.3) is 5.56 Å². The number of amides is 1. The van der Waals surface area contributed by atoms with Crippen LogP contribution in [0, 0.1) is 11.8 Å². The average molecular weight is 374 g/mol. The van der Waals surface area contributed by atoms with Crippen molar-refractivity contribution in [1.82, 2.24) is 14.5 Å². The minimum atomic E-state index is -0.0224. The van der Waals surface area contributed by atoms with Crippen molar-refractivity contribution in [2.45, 2.75) is 45.3 Å². The van der Waals surface area contributed by atoms with Crippen molar-refractivity contribution in [3.05, 3.63) is 34.6 Å². The number of fused-ring (bicyclic) bond motifs is 1. The van der Waals surface area contributed by atoms with E-state index in [1.54, 1.807) is 4.57 Å². The maximum absolute atomic E-state index is 12.9. The van der Waals surface area contributed by atoms with Gasteiger partial charge in [0.1, 0.15) is 0 Å². The Morgan fingerprint density at radius 3 is 2.85 bits per heavy atom. The Morgan fingerprint density at radius 2 is 2.12 bits per heavy atom. The molecular weight excluding hydrogens is 346 g/mol. The van der Waals surface area contributed by atoms with Crippen LogP contribution in [0.4, 0.5) is 0 Å². The summed E-state index contributed by atoms with van der Waals surface area (Å²) in [4.78, 5) is 32.1. The SMILES string of the molecule is CC(C)Cn1c(SCC(=O)N2CCCC(C)C2)nc2ccccc2c1=O. The fourth-order valence-electron chi connectivity index (χ4n) is 3.42. The normalized spacial score (nSPS) is 17.8. The largest absolute Gasteiger partial charge is 0.342 e. The van der Waals surface area contributed by atoms with Gasteiger partial charge in [-0.25, -0.2) is 4.98 Å². The molecule has 26 heavy (non-hydrogen) atoms. The molecule has 1 aromatic heterocycles. The molecule has 5 nitrogen and oxygen atoms in total. The van der Waals surface area contributed by atoms with E-state index < -0.39 is 0 Å². The second-order valence-electron chi connectivity index (χ2n) is 7.60. The Morgan fingerprint density at radius 1 is 1.35 bits per heavy atom. The molecule has 1 amide bonds. The minimum Gasteiger partial charge on any atom is -0.342 e. The van der Waals surface area contributed by atoms with E-state index in [-0.39, 0.29) is 11.5 Å². The van der Waals surface area contributed by atoms with Crippen molar-refractivity contribution >= 4 is 28.6 Å². The molecule has 140 valence electrons. The van der Waals surface area contributed by atoms with Gasteiger partial charge in [-0.15, -0.1) is 0 Å². The standard InChI is InChI=1S/C20H27N3O2S/c1-14(2)11-23-19(25)16-8-4-5-9-17(16)21-20(23)26-13-18(24)22-10-6-7-15(3)12-22/h4-5,8-9,14-15H,6-7,10-13H2,1-3H3. The first-order valence-electron chi connectivity index (χ1n) is 9.36. The van der Waals surface area contributed by atoms with Crippen molar-refractivity contribution in [3.8, 4) is 0 Å². The van der Waals surface area contributed by atoms with Crippen LogP contribution in [0.5, 0.6) is 0 Å². The lowest BCUT2D eigenvalue weighted by atomic mass is 10.0. The molecule has 6 heteroatoms. The molecule has 3 rings (SSSR count). The number of para-hydroxylation sites is 1. The number of hydrogen-bond donors (Lipinski definition) is 0. The van der Waals surface area contributed by atoms with Gasteiger partial charge in [-0.3, -0.25) is 14.2 Å². The lowest BCUT2D eigenvalue weighted by molar-refractivity contribution is -0.130. The molecule has 0 radical (unpaired) electrons. The fourth-order valence-corrected chi connectivity index (χ4v) is 4.33. The summed E-state index contributed by atoms with van der Waals surface area (Å²) in [6, 6.07) is 7.42. The molecule has 0 bridgehead atoms. The number of carbonyl (C=O) groups excluding carboxylic acids is 1. The zero-order valence-electron chi connectivity index (χ0n) is 15.8. The zero-order valence-corrected chi connectivity index (χ0v) is 16.6. The highest BCUT2D eigenvalue weighted by molar-refractivity contribution is 7.99. The highest BCUT2D eigenvalue weighted by Crippen LogP contribution is 2.21. The molecule has 1 unspecified atom stereocenters. The Balaban J connectivity index is 1.84. The molecule has 2 aromatic rings. The second-order valence-corrected chi connectivity index (χ2v) is 8.54. The van der Waals surface area contributed by atoms with Crippen LogP contribution in [0.2, 0.25) is 0 Å². The van der Waals surface area contributed by atoms with E-state index >= 15 is 0 Å². The lowest BCUT2D eigenvalue weighted by Gasteiger charge is -2.30. The van der Waals surface area contributed by atoms with E-state index in [0.29, 0.717) is 40.2 Å². The number of carbonyl (C=O) groups is 1. The number of thioether (sulfide) groups is 1. The van der Waals surface area contributed by atoms with Crippen LogP contribution in [0.15, 0.2) is 34.2 Å². The van der Waals surface area contributed by atoms with Crippen LogP contribution < -0.4 is 5.56 Å². The van der Waals surface area contributed by atoms with Gasteiger partial charge < -0.3 is 4.90 Å². The van der Waals surface area contributed by atoms with Crippen molar-refractivity contribution in [2.24, 2.45) is 11.8 Å². The van der Waals surface area contributed by atoms with Gasteiger partial charge in [-0.1, -0.05) is 44.7 Å². The Hall–Kier alpha value is -1.82. The molecule has 1 aliphatic rings. The Labute approximate surface area is 158 Å². The number of hydrogen-bond acceptors (Lipinski definition) is 4. The molecule has 2 heterocycles. The predicted molar refractivity (Wildman–Crippen MR) is 107 cm³/mol. The quantitative estimate of drug-likeness (QED) is 0.595. The number of benzene rings is 1. The van der Waals surface area contributed by atoms with E-state index in [1.807, 2.05) is 29.2 Å². The van der Waals surface area contributed by atoms with Crippen LogP contribution in [-0.2, 0) is 11.3 Å². The van der Waals surface area contributed by atoms with Gasteiger partial charge in [0.2, 0.25) is 5.91 Å². The van der Waals surface area contributed by atoms with Crippen molar-refractivity contribution < 1.29 is 4.79 Å². The molecule has 1 aliphatic heterocycles. The van der Waals surface area contributed by atoms with Gasteiger partial charge in [0.15, 0.2) is 5.16 Å². The Bertz CT molecular complexity index is 847. The average Bonchev–Trinajstić information content (AvgIpc) is 2.62. The molecule has 1 saturated heterocycles. The molecule has 0 N–H and O–H groups in total. The third kappa shape index (κ3) is 4.29. The highest BCUT2D eigenvalue weighted by atomic mass is 32.2. The van der Waals surface area contributed by atoms with Crippen LogP contribution in [0.1, 0.15) is 33.6 Å². The maximum atomic E-state index is 12.9. The third-order valence-electron chi connectivity index (χ3n) is 4.71. The van der Waals surface area contributed by atoms with Crippen molar-refractivity contribution in [3.63, 3.8) is 0 Å². The van der Waals surface area contributed by atoms with Gasteiger partial charge >= 0.3 is 0 Å². The first-order valence-corrected chi connectivity index (χ1v) is 10.3. The summed E-state index contributed by atoms with van der Waals surface area (Å²) < 4.78 is 1.73. The molecule has 0 spiro atoms. The third-order valence-corrected chi connectivity index (χ3v) is 5.67. The number of aromatic nitrogens is 2. The van der Waals surface area contributed by atoms with E-state index in [0.717, 1.165) is 19.5 Å². The predicted octanol–water partition coefficient (Wildman–Crippen LogP) is 3.40. The van der Waals surface area contributed by atoms with Gasteiger partial charge in [-0.2, -0.15) is 0 Å². The molecule has 1 aromatic carbocycles. The molecule has 1 fully saturated rings. The summed E-state index contributed by atoms with van der Waals surface area (Å²) in [5.74, 6) is 1.36. The smallest absolute Gasteiger partial charge is 0.262 e. The maximum Gasteiger partial charge on any atom is 0.262 e. The fraction of sp³-hybridized carbons (Fsp3) is 0.550. The zero-order chi connectivity index (χ0) is 18.7. The molecule has 0 aliphatic carbocycles. The molecule has 1 atom stereocenters. The lowest BCUT2D eigenvalue weighted by Crippen LogP contribution is -2.40. The van der Waals surface area contributed by atoms with Gasteiger partial charge in [0.05, 0.1) is 16.7 Å². The van der Waals surface area contributed by atoms with E-state index in [4.69, 9.17) is 0 Å².